The average molecular weight is 809 g/mol. The van der Waals surface area contributed by atoms with E-state index in [0.29, 0.717) is 54.4 Å². The van der Waals surface area contributed by atoms with E-state index in [1.807, 2.05) is 91.5 Å². The largest absolute Gasteiger partial charge is 0.465 e. The number of hydrogen-bond acceptors (Lipinski definition) is 8. The van der Waals surface area contributed by atoms with Crippen LogP contribution in [0.2, 0.25) is 0 Å². The van der Waals surface area contributed by atoms with Crippen molar-refractivity contribution in [3.8, 4) is 22.8 Å². The Labute approximate surface area is 347 Å². The second kappa shape index (κ2) is 16.8. The molecule has 2 aliphatic rings. The third kappa shape index (κ3) is 7.85. The Morgan fingerprint density at radius 3 is 2.17 bits per heavy atom. The van der Waals surface area contributed by atoms with E-state index < -0.39 is 30.1 Å². The predicted octanol–water partition coefficient (Wildman–Crippen LogP) is 7.44. The third-order valence-corrected chi connectivity index (χ3v) is 11.6. The molecule has 8 rings (SSSR count). The van der Waals surface area contributed by atoms with Crippen LogP contribution in [0.5, 0.6) is 0 Å². The number of fused-ring (bicyclic) bond motifs is 1. The van der Waals surface area contributed by atoms with Gasteiger partial charge in [-0.25, -0.2) is 14.8 Å². The first kappa shape index (κ1) is 40.0. The molecule has 3 N–H and O–H groups in total. The van der Waals surface area contributed by atoms with Crippen molar-refractivity contribution in [1.29, 1.82) is 0 Å². The second-order valence-electron chi connectivity index (χ2n) is 15.8. The Morgan fingerprint density at radius 2 is 1.47 bits per heavy atom. The zero-order valence-electron chi connectivity index (χ0n) is 34.0. The van der Waals surface area contributed by atoms with Crippen LogP contribution in [0.3, 0.4) is 0 Å². The molecule has 308 valence electrons. The van der Waals surface area contributed by atoms with Gasteiger partial charge in [0.05, 0.1) is 23.3 Å². The lowest BCUT2D eigenvalue weighted by atomic mass is 10.0. The number of amides is 4. The van der Waals surface area contributed by atoms with Gasteiger partial charge < -0.3 is 29.6 Å². The van der Waals surface area contributed by atoms with Crippen molar-refractivity contribution in [2.24, 2.45) is 0 Å². The van der Waals surface area contributed by atoms with Crippen LogP contribution in [0.4, 0.5) is 10.5 Å². The molecule has 2 saturated heterocycles. The summed E-state index contributed by atoms with van der Waals surface area (Å²) in [7, 11) is 5.22. The van der Waals surface area contributed by atoms with Crippen LogP contribution in [0.15, 0.2) is 108 Å². The number of likely N-dealkylation sites (tertiary alicyclic amines) is 2. The lowest BCUT2D eigenvalue weighted by molar-refractivity contribution is -0.140. The van der Waals surface area contributed by atoms with Gasteiger partial charge in [-0.15, -0.1) is 0 Å². The van der Waals surface area contributed by atoms with Crippen molar-refractivity contribution in [3.63, 3.8) is 0 Å². The quantitative estimate of drug-likeness (QED) is 0.121. The normalized spacial score (nSPS) is 17.6. The molecule has 2 aliphatic heterocycles. The maximum absolute atomic E-state index is 14.0. The predicted molar refractivity (Wildman–Crippen MR) is 227 cm³/mol. The van der Waals surface area contributed by atoms with E-state index in [2.05, 4.69) is 15.3 Å². The molecule has 4 heterocycles. The Hall–Kier alpha value is -6.80. The molecular formula is C46H48N8O6. The number of carbonyl (C=O) groups is 4. The maximum Gasteiger partial charge on any atom is 0.407 e. The van der Waals surface area contributed by atoms with Crippen LogP contribution in [-0.2, 0) is 14.4 Å². The molecule has 60 heavy (non-hydrogen) atoms. The lowest BCUT2D eigenvalue weighted by Gasteiger charge is -2.32. The molecule has 0 spiro atoms. The first-order valence-electron chi connectivity index (χ1n) is 20.2. The number of hydrogen-bond donors (Lipinski definition) is 3. The monoisotopic (exact) mass is 808 g/mol. The highest BCUT2D eigenvalue weighted by Crippen LogP contribution is 2.37. The number of aromatic nitrogens is 3. The molecule has 0 saturated carbocycles. The highest BCUT2D eigenvalue weighted by atomic mass is 16.4. The Bertz CT molecular complexity index is 2540. The molecule has 4 atom stereocenters. The second-order valence-corrected chi connectivity index (χ2v) is 15.8. The number of carbonyl (C=O) groups excluding carboxylic acids is 3. The smallest absolute Gasteiger partial charge is 0.407 e. The van der Waals surface area contributed by atoms with Gasteiger partial charge in [-0.05, 0) is 93.7 Å². The van der Waals surface area contributed by atoms with E-state index in [0.717, 1.165) is 51.3 Å². The van der Waals surface area contributed by atoms with Crippen molar-refractivity contribution in [2.45, 2.75) is 56.8 Å². The number of benzene rings is 4. The van der Waals surface area contributed by atoms with Gasteiger partial charge >= 0.3 is 6.09 Å². The van der Waals surface area contributed by atoms with Crippen molar-refractivity contribution < 1.29 is 28.7 Å². The van der Waals surface area contributed by atoms with Crippen molar-refractivity contribution in [3.05, 3.63) is 126 Å². The van der Waals surface area contributed by atoms with Crippen molar-refractivity contribution in [1.82, 2.24) is 34.6 Å². The SMILES string of the molecule is Cc1ccc(-c2ncc(-c3ccc4nc([C@@H]5CCCN5C(=O)[C@@H](c5ccccc5)N(C)C)[nH]c4c3)o2)cc1NC(=O)[C@@H]1CCCN1C(=O)[C@@H](c1ccccc1)N(C)C(=O)O. The zero-order chi connectivity index (χ0) is 42.1. The molecule has 4 amide bonds. The highest BCUT2D eigenvalue weighted by molar-refractivity contribution is 5.99. The van der Waals surface area contributed by atoms with Crippen LogP contribution >= 0.6 is 0 Å². The molecule has 0 unspecified atom stereocenters. The molecule has 14 nitrogen and oxygen atoms in total. The minimum atomic E-state index is -1.24. The van der Waals surface area contributed by atoms with E-state index in [-0.39, 0.29) is 17.9 Å². The first-order chi connectivity index (χ1) is 29.0. The summed E-state index contributed by atoms with van der Waals surface area (Å²) in [6.45, 7) is 2.88. The van der Waals surface area contributed by atoms with Crippen molar-refractivity contribution >= 4 is 40.5 Å². The standard InChI is InChI=1S/C46H48N8O6/c1-28-19-20-32(26-34(28)50-42(55)37-18-12-24-54(37)45(57)40(52(4)46(58)59)30-15-9-6-10-16-30)43-47-27-38(60-43)31-21-22-33-35(25-31)49-41(48-33)36-17-11-23-53(36)44(56)39(51(2)3)29-13-7-5-8-14-29/h5-10,13-16,19-22,25-27,36-37,39-40H,11-12,17-18,23-24H2,1-4H3,(H,48,49)(H,50,55)(H,58,59)/t36-,37-,39+,40+/m0/s1. The summed E-state index contributed by atoms with van der Waals surface area (Å²) in [4.78, 5) is 73.2. The molecular weight excluding hydrogens is 761 g/mol. The summed E-state index contributed by atoms with van der Waals surface area (Å²) >= 11 is 0. The molecule has 2 aromatic heterocycles. The number of likely N-dealkylation sites (N-methyl/N-ethyl adjacent to an activating group) is 2. The van der Waals surface area contributed by atoms with Gasteiger partial charge in [0.2, 0.25) is 17.7 Å². The van der Waals surface area contributed by atoms with E-state index in [1.165, 1.54) is 11.9 Å². The summed E-state index contributed by atoms with van der Waals surface area (Å²) in [5.41, 5.74) is 5.88. The van der Waals surface area contributed by atoms with Crippen LogP contribution in [-0.4, -0.2) is 104 Å². The summed E-state index contributed by atoms with van der Waals surface area (Å²) in [6, 6.07) is 27.5. The van der Waals surface area contributed by atoms with Gasteiger partial charge in [0.1, 0.15) is 23.9 Å². The van der Waals surface area contributed by atoms with Gasteiger partial charge in [0.25, 0.3) is 5.91 Å². The van der Waals surface area contributed by atoms with Gasteiger partial charge in [0, 0.05) is 37.0 Å². The number of anilines is 1. The van der Waals surface area contributed by atoms with Crippen molar-refractivity contribution in [2.75, 3.05) is 39.5 Å². The van der Waals surface area contributed by atoms with Gasteiger partial charge in [-0.2, -0.15) is 0 Å². The zero-order valence-corrected chi connectivity index (χ0v) is 34.0. The number of H-pyrrole nitrogens is 1. The Morgan fingerprint density at radius 1 is 0.817 bits per heavy atom. The molecule has 0 bridgehead atoms. The third-order valence-electron chi connectivity index (χ3n) is 11.6. The maximum atomic E-state index is 14.0. The summed E-state index contributed by atoms with van der Waals surface area (Å²) in [5, 5.41) is 12.8. The number of rotatable bonds is 11. The molecule has 2 fully saturated rings. The van der Waals surface area contributed by atoms with Crippen LogP contribution in [0.25, 0.3) is 33.8 Å². The first-order valence-corrected chi connectivity index (χ1v) is 20.2. The highest BCUT2D eigenvalue weighted by Gasteiger charge is 2.41. The van der Waals surface area contributed by atoms with Crippen LogP contribution in [0, 0.1) is 6.92 Å². The minimum absolute atomic E-state index is 0.0523. The minimum Gasteiger partial charge on any atom is -0.465 e. The fourth-order valence-corrected chi connectivity index (χ4v) is 8.49. The summed E-state index contributed by atoms with van der Waals surface area (Å²) in [5.74, 6) is 0.905. The van der Waals surface area contributed by atoms with Crippen LogP contribution < -0.4 is 5.32 Å². The number of nitrogens with zero attached hydrogens (tertiary/aromatic N) is 6. The number of nitrogens with one attached hydrogen (secondary N) is 2. The average Bonchev–Trinajstić information content (AvgIpc) is 4.09. The Balaban J connectivity index is 0.979. The number of oxazole rings is 1. The van der Waals surface area contributed by atoms with Gasteiger partial charge in [-0.1, -0.05) is 66.7 Å². The van der Waals surface area contributed by atoms with E-state index >= 15 is 0 Å². The van der Waals surface area contributed by atoms with Gasteiger partial charge in [0.15, 0.2) is 5.76 Å². The summed E-state index contributed by atoms with van der Waals surface area (Å²) < 4.78 is 6.29. The molecule has 0 radical (unpaired) electrons. The van der Waals surface area contributed by atoms with Crippen LogP contribution in [0.1, 0.15) is 66.3 Å². The molecule has 4 aromatic carbocycles. The fourth-order valence-electron chi connectivity index (χ4n) is 8.49. The number of aromatic amines is 1. The van der Waals surface area contributed by atoms with Gasteiger partial charge in [-0.3, -0.25) is 24.2 Å². The van der Waals surface area contributed by atoms with E-state index in [9.17, 15) is 24.3 Å². The Kier molecular flexibility index (Phi) is 11.2. The molecule has 14 heteroatoms. The molecule has 6 aromatic rings. The van der Waals surface area contributed by atoms with E-state index in [1.54, 1.807) is 42.6 Å². The topological polar surface area (TPSA) is 168 Å². The van der Waals surface area contributed by atoms with E-state index in [4.69, 9.17) is 9.40 Å². The fraction of sp³-hybridized carbons (Fsp3) is 0.304. The lowest BCUT2D eigenvalue weighted by Crippen LogP contribution is -2.49. The number of carboxylic acid groups (broad SMARTS) is 1. The number of aryl methyl sites for hydroxylation is 1. The molecule has 0 aliphatic carbocycles. The number of imidazole rings is 1. The summed E-state index contributed by atoms with van der Waals surface area (Å²) in [6.07, 6.45) is 3.17.